The Labute approximate surface area is 265 Å². The first kappa shape index (κ1) is 22.3. The zero-order chi connectivity index (χ0) is 35.1. The van der Waals surface area contributed by atoms with Gasteiger partial charge in [-0.3, -0.25) is 9.97 Å². The molecule has 5 aromatic rings. The number of benzene rings is 3. The van der Waals surface area contributed by atoms with Crippen molar-refractivity contribution in [2.45, 2.75) is 66.6 Å². The fourth-order valence-corrected chi connectivity index (χ4v) is 6.58. The van der Waals surface area contributed by atoms with E-state index < -0.39 is 13.7 Å². The summed E-state index contributed by atoms with van der Waals surface area (Å²) < 4.78 is 54.2. The van der Waals surface area contributed by atoms with Crippen LogP contribution < -0.4 is 4.74 Å². The van der Waals surface area contributed by atoms with Crippen LogP contribution in [0.3, 0.4) is 0 Å². The lowest BCUT2D eigenvalue weighted by atomic mass is 9.65. The lowest BCUT2D eigenvalue weighted by Gasteiger charge is -2.40. The van der Waals surface area contributed by atoms with E-state index in [1.165, 1.54) is 36.5 Å². The van der Waals surface area contributed by atoms with E-state index >= 15 is 0 Å². The maximum atomic E-state index is 8.05. The fourth-order valence-electron chi connectivity index (χ4n) is 6.58. The lowest BCUT2D eigenvalue weighted by molar-refractivity contribution is 0.167. The van der Waals surface area contributed by atoms with Crippen molar-refractivity contribution in [1.82, 2.24) is 9.97 Å². The summed E-state index contributed by atoms with van der Waals surface area (Å²) in [5.74, 6) is 2.25. The maximum absolute atomic E-state index is 8.05. The smallest absolute Gasteiger partial charge is 0.128 e. The van der Waals surface area contributed by atoms with Crippen molar-refractivity contribution in [2.75, 3.05) is 0 Å². The molecule has 3 nitrogen and oxygen atoms in total. The predicted molar refractivity (Wildman–Crippen MR) is 179 cm³/mol. The lowest BCUT2D eigenvalue weighted by Crippen LogP contribution is -2.27. The van der Waals surface area contributed by atoms with E-state index in [0.717, 1.165) is 28.6 Å². The Kier molecular flexibility index (Phi) is 6.12. The molecule has 1 aliphatic rings. The minimum atomic E-state index is -2.63. The second kappa shape index (κ2) is 11.8. The SMILES string of the molecule is [2H]C([2H])([2H])c1cnc(-c2cc(Oc3cccc(-c4cc(C5CCC(C)(C)CC5C)c(C)cn4)c3)cc(-c3ccccc3)c2)cc1C([2H])([2H])[2H]. The van der Waals surface area contributed by atoms with Crippen molar-refractivity contribution >= 4 is 0 Å². The zero-order valence-electron chi connectivity index (χ0n) is 31.3. The molecule has 1 saturated carbocycles. The standard InChI is InChI=1S/C40H42N2O/c1-26-17-38(41-24-28(26)3)33-18-32(30-11-8-7-9-12-30)20-35(21-33)43-34-14-10-13-31(19-34)39-22-37(29(4)25-42-39)36-15-16-40(5,6)23-27(36)2/h7-14,17-22,24-25,27,36H,15-16,23H2,1-6H3/i1D3,3D3. The van der Waals surface area contributed by atoms with Crippen LogP contribution in [0.4, 0.5) is 0 Å². The topological polar surface area (TPSA) is 35.0 Å². The number of nitrogens with zero attached hydrogens (tertiary/aromatic N) is 2. The molecule has 0 amide bonds. The van der Waals surface area contributed by atoms with Gasteiger partial charge in [-0.2, -0.15) is 0 Å². The third kappa shape index (κ3) is 6.41. The highest BCUT2D eigenvalue weighted by molar-refractivity contribution is 5.74. The second-order valence-electron chi connectivity index (χ2n) is 12.8. The molecule has 218 valence electrons. The van der Waals surface area contributed by atoms with Crippen molar-refractivity contribution in [2.24, 2.45) is 11.3 Å². The van der Waals surface area contributed by atoms with E-state index in [4.69, 9.17) is 17.9 Å². The molecule has 2 aromatic heterocycles. The highest BCUT2D eigenvalue weighted by Crippen LogP contribution is 2.47. The highest BCUT2D eigenvalue weighted by Gasteiger charge is 2.33. The molecular weight excluding hydrogens is 524 g/mol. The van der Waals surface area contributed by atoms with Crippen molar-refractivity contribution in [3.8, 4) is 45.1 Å². The monoisotopic (exact) mass is 572 g/mol. The van der Waals surface area contributed by atoms with Crippen molar-refractivity contribution < 1.29 is 13.0 Å². The summed E-state index contributed by atoms with van der Waals surface area (Å²) in [5.41, 5.74) is 7.02. The minimum absolute atomic E-state index is 0.242. The molecule has 2 heterocycles. The Morgan fingerprint density at radius 1 is 0.721 bits per heavy atom. The molecule has 0 bridgehead atoms. The van der Waals surface area contributed by atoms with Crippen LogP contribution in [0.5, 0.6) is 11.5 Å². The Hall–Kier alpha value is -4.24. The highest BCUT2D eigenvalue weighted by atomic mass is 16.5. The van der Waals surface area contributed by atoms with Crippen LogP contribution in [0.1, 0.15) is 76.4 Å². The molecule has 0 N–H and O–H groups in total. The second-order valence-corrected chi connectivity index (χ2v) is 12.8. The number of aromatic nitrogens is 2. The number of ether oxygens (including phenoxy) is 1. The summed E-state index contributed by atoms with van der Waals surface area (Å²) >= 11 is 0. The van der Waals surface area contributed by atoms with Gasteiger partial charge in [0.05, 0.1) is 11.4 Å². The first-order valence-electron chi connectivity index (χ1n) is 18.0. The van der Waals surface area contributed by atoms with E-state index in [1.54, 1.807) is 6.07 Å². The Morgan fingerprint density at radius 3 is 2.19 bits per heavy atom. The summed E-state index contributed by atoms with van der Waals surface area (Å²) in [5, 5.41) is 0. The summed E-state index contributed by atoms with van der Waals surface area (Å²) in [4.78, 5) is 9.24. The molecule has 2 atom stereocenters. The van der Waals surface area contributed by atoms with E-state index in [9.17, 15) is 0 Å². The number of pyridine rings is 2. The number of aryl methyl sites for hydroxylation is 3. The van der Waals surface area contributed by atoms with Gasteiger partial charge in [0.15, 0.2) is 0 Å². The van der Waals surface area contributed by atoms with Gasteiger partial charge in [0.1, 0.15) is 11.5 Å². The molecule has 43 heavy (non-hydrogen) atoms. The molecule has 0 saturated heterocycles. The van der Waals surface area contributed by atoms with Crippen LogP contribution >= 0.6 is 0 Å². The van der Waals surface area contributed by atoms with Gasteiger partial charge >= 0.3 is 0 Å². The molecule has 3 heteroatoms. The van der Waals surface area contributed by atoms with Gasteiger partial charge in [-0.1, -0.05) is 63.2 Å². The molecular formula is C40H42N2O. The summed E-state index contributed by atoms with van der Waals surface area (Å²) in [6.45, 7) is 4.03. The van der Waals surface area contributed by atoms with Crippen LogP contribution in [0.25, 0.3) is 33.6 Å². The number of hydrogen-bond acceptors (Lipinski definition) is 3. The van der Waals surface area contributed by atoms with Gasteiger partial charge in [0.25, 0.3) is 0 Å². The molecule has 1 aliphatic carbocycles. The average molecular weight is 573 g/mol. The molecule has 6 rings (SSSR count). The van der Waals surface area contributed by atoms with Crippen molar-refractivity contribution in [3.05, 3.63) is 120 Å². The number of rotatable bonds is 6. The van der Waals surface area contributed by atoms with Crippen LogP contribution in [0, 0.1) is 32.0 Å². The molecule has 0 spiro atoms. The van der Waals surface area contributed by atoms with Crippen LogP contribution in [0.2, 0.25) is 0 Å². The third-order valence-electron chi connectivity index (χ3n) is 8.82. The Morgan fingerprint density at radius 2 is 1.42 bits per heavy atom. The molecule has 0 radical (unpaired) electrons. The molecule has 1 fully saturated rings. The van der Waals surface area contributed by atoms with Crippen LogP contribution in [-0.4, -0.2) is 9.97 Å². The van der Waals surface area contributed by atoms with Crippen molar-refractivity contribution in [1.29, 1.82) is 0 Å². The average Bonchev–Trinajstić information content (AvgIpc) is 3.04. The van der Waals surface area contributed by atoms with Crippen LogP contribution in [0.15, 0.2) is 97.3 Å². The van der Waals surface area contributed by atoms with E-state index in [2.05, 4.69) is 38.7 Å². The normalized spacial score (nSPS) is 20.6. The van der Waals surface area contributed by atoms with Gasteiger partial charge in [0.2, 0.25) is 0 Å². The Bertz CT molecular complexity index is 1970. The van der Waals surface area contributed by atoms with Gasteiger partial charge in [-0.15, -0.1) is 0 Å². The summed E-state index contributed by atoms with van der Waals surface area (Å²) in [6, 6.07) is 26.9. The van der Waals surface area contributed by atoms with Crippen molar-refractivity contribution in [3.63, 3.8) is 0 Å². The van der Waals surface area contributed by atoms with E-state index in [0.29, 0.717) is 40.0 Å². The maximum Gasteiger partial charge on any atom is 0.128 e. The predicted octanol–water partition coefficient (Wildman–Crippen LogP) is 11.1. The molecule has 3 aromatic carbocycles. The van der Waals surface area contributed by atoms with Crippen LogP contribution in [-0.2, 0) is 0 Å². The largest absolute Gasteiger partial charge is 0.457 e. The van der Waals surface area contributed by atoms with Gasteiger partial charge < -0.3 is 4.74 Å². The molecule has 0 aliphatic heterocycles. The van der Waals surface area contributed by atoms with E-state index in [-0.39, 0.29) is 11.1 Å². The summed E-state index contributed by atoms with van der Waals surface area (Å²) in [6.07, 6.45) is 6.73. The minimum Gasteiger partial charge on any atom is -0.457 e. The van der Waals surface area contributed by atoms with E-state index in [1.807, 2.05) is 72.9 Å². The van der Waals surface area contributed by atoms with Gasteiger partial charge in [0, 0.05) is 31.7 Å². The molecule has 2 unspecified atom stereocenters. The Balaban J connectivity index is 1.37. The first-order chi connectivity index (χ1) is 23.1. The quantitative estimate of drug-likeness (QED) is 0.203. The first-order valence-corrected chi connectivity index (χ1v) is 15.0. The van der Waals surface area contributed by atoms with Gasteiger partial charge in [-0.05, 0) is 133 Å². The number of hydrogen-bond donors (Lipinski definition) is 0. The van der Waals surface area contributed by atoms with Gasteiger partial charge in [-0.25, -0.2) is 0 Å². The summed E-state index contributed by atoms with van der Waals surface area (Å²) in [7, 11) is 0. The zero-order valence-corrected chi connectivity index (χ0v) is 25.3. The third-order valence-corrected chi connectivity index (χ3v) is 8.82. The fraction of sp³-hybridized carbons (Fsp3) is 0.300.